The Morgan fingerprint density at radius 2 is 1.33 bits per heavy atom. The second-order valence-electron chi connectivity index (χ2n) is 8.29. The lowest BCUT2D eigenvalue weighted by molar-refractivity contribution is 0.771. The smallest absolute Gasteiger partial charge is 0.0562 e. The first-order valence-corrected chi connectivity index (χ1v) is 11.1. The van der Waals surface area contributed by atoms with Gasteiger partial charge in [0.15, 0.2) is 0 Å². The molecule has 3 aromatic carbocycles. The molecule has 4 aromatic rings. The van der Waals surface area contributed by atoms with E-state index < -0.39 is 0 Å². The van der Waals surface area contributed by atoms with Gasteiger partial charge in [0, 0.05) is 18.3 Å². The number of benzene rings is 3. The van der Waals surface area contributed by atoms with E-state index in [-0.39, 0.29) is 0 Å². The molecule has 0 unspecified atom stereocenters. The largest absolute Gasteiger partial charge is 0.347 e. The lowest BCUT2D eigenvalue weighted by atomic mass is 9.93. The predicted molar refractivity (Wildman–Crippen MR) is 129 cm³/mol. The highest BCUT2D eigenvalue weighted by molar-refractivity contribution is 5.84. The minimum Gasteiger partial charge on any atom is -0.347 e. The van der Waals surface area contributed by atoms with Crippen molar-refractivity contribution >= 4 is 0 Å². The van der Waals surface area contributed by atoms with Gasteiger partial charge in [0.1, 0.15) is 0 Å². The van der Waals surface area contributed by atoms with Crippen molar-refractivity contribution in [2.75, 3.05) is 0 Å². The summed E-state index contributed by atoms with van der Waals surface area (Å²) in [4.78, 5) is 0. The fourth-order valence-electron chi connectivity index (χ4n) is 4.24. The highest BCUT2D eigenvalue weighted by Crippen LogP contribution is 2.38. The van der Waals surface area contributed by atoms with Gasteiger partial charge in [-0.1, -0.05) is 98.8 Å². The standard InChI is InChI=1S/C29H31N/c1-4-30-21-27(16-15-23-11-7-5-8-12-23)28(25-13-9-6-10-14-25)29(30)26-19-17-24(18-20-26)22(2)3/h5-14,17-22H,4,15-16H2,1-3H3. The third-order valence-corrected chi connectivity index (χ3v) is 5.94. The molecule has 1 heteroatoms. The number of aryl methyl sites for hydroxylation is 3. The maximum absolute atomic E-state index is 2.42. The SMILES string of the molecule is CCn1cc(CCc2ccccc2)c(-c2ccccc2)c1-c1ccc(C(C)C)cc1. The fourth-order valence-corrected chi connectivity index (χ4v) is 4.24. The normalized spacial score (nSPS) is 11.2. The Kier molecular flexibility index (Phi) is 6.18. The van der Waals surface area contributed by atoms with Crippen LogP contribution in [0, 0.1) is 0 Å². The lowest BCUT2D eigenvalue weighted by Gasteiger charge is -2.13. The van der Waals surface area contributed by atoms with Crippen LogP contribution < -0.4 is 0 Å². The second-order valence-corrected chi connectivity index (χ2v) is 8.29. The van der Waals surface area contributed by atoms with Crippen molar-refractivity contribution in [1.82, 2.24) is 4.57 Å². The zero-order valence-electron chi connectivity index (χ0n) is 18.3. The third kappa shape index (κ3) is 4.26. The van der Waals surface area contributed by atoms with E-state index in [0.29, 0.717) is 5.92 Å². The fraction of sp³-hybridized carbons (Fsp3) is 0.241. The molecule has 0 amide bonds. The van der Waals surface area contributed by atoms with Crippen LogP contribution in [0.25, 0.3) is 22.4 Å². The summed E-state index contributed by atoms with van der Waals surface area (Å²) in [6.07, 6.45) is 4.47. The van der Waals surface area contributed by atoms with Gasteiger partial charge < -0.3 is 4.57 Å². The van der Waals surface area contributed by atoms with Crippen molar-refractivity contribution < 1.29 is 0 Å². The third-order valence-electron chi connectivity index (χ3n) is 5.94. The molecule has 0 bridgehead atoms. The molecule has 0 atom stereocenters. The van der Waals surface area contributed by atoms with Crippen LogP contribution in [0.3, 0.4) is 0 Å². The first-order valence-electron chi connectivity index (χ1n) is 11.1. The van der Waals surface area contributed by atoms with Crippen LogP contribution in [-0.2, 0) is 19.4 Å². The molecular weight excluding hydrogens is 362 g/mol. The molecule has 1 aromatic heterocycles. The van der Waals surface area contributed by atoms with E-state index in [1.807, 2.05) is 0 Å². The average Bonchev–Trinajstić information content (AvgIpc) is 3.17. The van der Waals surface area contributed by atoms with Crippen LogP contribution in [0.5, 0.6) is 0 Å². The first kappa shape index (κ1) is 20.2. The van der Waals surface area contributed by atoms with E-state index in [0.717, 1.165) is 19.4 Å². The summed E-state index contributed by atoms with van der Waals surface area (Å²) in [6, 6.07) is 30.8. The molecule has 1 nitrogen and oxygen atoms in total. The molecular formula is C29H31N. The van der Waals surface area contributed by atoms with E-state index in [2.05, 4.69) is 116 Å². The van der Waals surface area contributed by atoms with Gasteiger partial charge in [-0.2, -0.15) is 0 Å². The Bertz CT molecular complexity index is 1070. The Hall–Kier alpha value is -3.06. The van der Waals surface area contributed by atoms with Crippen molar-refractivity contribution in [2.24, 2.45) is 0 Å². The molecule has 0 N–H and O–H groups in total. The summed E-state index contributed by atoms with van der Waals surface area (Å²) in [5, 5.41) is 0. The van der Waals surface area contributed by atoms with Crippen LogP contribution in [0.15, 0.2) is 91.1 Å². The quantitative estimate of drug-likeness (QED) is 0.302. The van der Waals surface area contributed by atoms with Crippen LogP contribution >= 0.6 is 0 Å². The van der Waals surface area contributed by atoms with Crippen molar-refractivity contribution in [3.8, 4) is 22.4 Å². The van der Waals surface area contributed by atoms with Crippen molar-refractivity contribution in [3.63, 3.8) is 0 Å². The molecule has 1 heterocycles. The molecule has 4 rings (SSSR count). The number of hydrogen-bond donors (Lipinski definition) is 0. The molecule has 0 aliphatic heterocycles. The van der Waals surface area contributed by atoms with Crippen LogP contribution in [-0.4, -0.2) is 4.57 Å². The summed E-state index contributed by atoms with van der Waals surface area (Å²) in [7, 11) is 0. The van der Waals surface area contributed by atoms with E-state index in [9.17, 15) is 0 Å². The summed E-state index contributed by atoms with van der Waals surface area (Å²) in [5.41, 5.74) is 9.52. The number of nitrogens with zero attached hydrogens (tertiary/aromatic N) is 1. The van der Waals surface area contributed by atoms with Gasteiger partial charge in [0.2, 0.25) is 0 Å². The number of hydrogen-bond acceptors (Lipinski definition) is 0. The first-order chi connectivity index (χ1) is 14.7. The molecule has 152 valence electrons. The summed E-state index contributed by atoms with van der Waals surface area (Å²) in [6.45, 7) is 7.70. The molecule has 0 fully saturated rings. The van der Waals surface area contributed by atoms with E-state index in [1.54, 1.807) is 0 Å². The number of rotatable bonds is 7. The maximum Gasteiger partial charge on any atom is 0.0562 e. The lowest BCUT2D eigenvalue weighted by Crippen LogP contribution is -1.96. The predicted octanol–water partition coefficient (Wildman–Crippen LogP) is 7.75. The second kappa shape index (κ2) is 9.17. The maximum atomic E-state index is 2.42. The Labute approximate surface area is 181 Å². The Morgan fingerprint density at radius 1 is 0.700 bits per heavy atom. The average molecular weight is 394 g/mol. The minimum atomic E-state index is 0.548. The summed E-state index contributed by atoms with van der Waals surface area (Å²) < 4.78 is 2.42. The molecule has 0 spiro atoms. The topological polar surface area (TPSA) is 4.93 Å². The van der Waals surface area contributed by atoms with E-state index in [1.165, 1.54) is 39.1 Å². The highest BCUT2D eigenvalue weighted by Gasteiger charge is 2.18. The van der Waals surface area contributed by atoms with Gasteiger partial charge in [-0.15, -0.1) is 0 Å². The van der Waals surface area contributed by atoms with Gasteiger partial charge in [0.05, 0.1) is 5.69 Å². The van der Waals surface area contributed by atoms with Crippen molar-refractivity contribution in [1.29, 1.82) is 0 Å². The zero-order valence-corrected chi connectivity index (χ0v) is 18.3. The van der Waals surface area contributed by atoms with Crippen LogP contribution in [0.1, 0.15) is 43.4 Å². The summed E-state index contributed by atoms with van der Waals surface area (Å²) in [5.74, 6) is 0.548. The molecule has 0 saturated heterocycles. The molecule has 0 aliphatic rings. The van der Waals surface area contributed by atoms with Crippen LogP contribution in [0.4, 0.5) is 0 Å². The molecule has 0 saturated carbocycles. The minimum absolute atomic E-state index is 0.548. The zero-order chi connectivity index (χ0) is 20.9. The van der Waals surface area contributed by atoms with Crippen molar-refractivity contribution in [3.05, 3.63) is 108 Å². The molecule has 30 heavy (non-hydrogen) atoms. The number of aromatic nitrogens is 1. The monoisotopic (exact) mass is 393 g/mol. The summed E-state index contributed by atoms with van der Waals surface area (Å²) >= 11 is 0. The highest BCUT2D eigenvalue weighted by atomic mass is 15.0. The van der Waals surface area contributed by atoms with Crippen molar-refractivity contribution in [2.45, 2.75) is 46.1 Å². The van der Waals surface area contributed by atoms with Gasteiger partial charge >= 0.3 is 0 Å². The van der Waals surface area contributed by atoms with E-state index >= 15 is 0 Å². The molecule has 0 radical (unpaired) electrons. The van der Waals surface area contributed by atoms with Gasteiger partial charge in [-0.05, 0) is 53.5 Å². The van der Waals surface area contributed by atoms with Gasteiger partial charge in [-0.3, -0.25) is 0 Å². The molecule has 0 aliphatic carbocycles. The van der Waals surface area contributed by atoms with Crippen LogP contribution in [0.2, 0.25) is 0 Å². The van der Waals surface area contributed by atoms with Gasteiger partial charge in [-0.25, -0.2) is 0 Å². The van der Waals surface area contributed by atoms with Gasteiger partial charge in [0.25, 0.3) is 0 Å². The Balaban J connectivity index is 1.80. The Morgan fingerprint density at radius 3 is 1.93 bits per heavy atom. The van der Waals surface area contributed by atoms with E-state index in [4.69, 9.17) is 0 Å².